The van der Waals surface area contributed by atoms with Gasteiger partial charge in [-0.2, -0.15) is 0 Å². The lowest BCUT2D eigenvalue weighted by molar-refractivity contribution is -0.134. The minimum absolute atomic E-state index is 0.0997. The fourth-order valence-corrected chi connectivity index (χ4v) is 3.47. The number of carbonyl (C=O) groups excluding carboxylic acids is 1. The second kappa shape index (κ2) is 8.93. The largest absolute Gasteiger partial charge is 0.355 e. The number of hydrogen-bond acceptors (Lipinski definition) is 4. The van der Waals surface area contributed by atoms with Gasteiger partial charge in [0.25, 0.3) is 0 Å². The maximum atomic E-state index is 13.4. The number of aromatic nitrogens is 2. The Bertz CT molecular complexity index is 757. The molecule has 0 aliphatic carbocycles. The molecular weight excluding hydrogens is 343 g/mol. The molecule has 0 atom stereocenters. The van der Waals surface area contributed by atoms with Crippen molar-refractivity contribution in [3.63, 3.8) is 0 Å². The smallest absolute Gasteiger partial charge is 0.225 e. The van der Waals surface area contributed by atoms with Crippen LogP contribution in [0.1, 0.15) is 32.6 Å². The standard InChI is InChI=1S/C21H27FN4O/c1-3-4-12-25(2)21(27)16-10-13-26(14-11-16)20-9-8-19(23-24-20)17-6-5-7-18(22)15-17/h5-9,15-16H,3-4,10-14H2,1-2H3. The van der Waals surface area contributed by atoms with Gasteiger partial charge in [-0.25, -0.2) is 4.39 Å². The van der Waals surface area contributed by atoms with Crippen molar-refractivity contribution in [3.8, 4) is 11.3 Å². The molecule has 6 heteroatoms. The Morgan fingerprint density at radius 1 is 1.22 bits per heavy atom. The van der Waals surface area contributed by atoms with Crippen LogP contribution in [0, 0.1) is 11.7 Å². The molecule has 1 aliphatic rings. The minimum Gasteiger partial charge on any atom is -0.355 e. The highest BCUT2D eigenvalue weighted by atomic mass is 19.1. The first-order valence-corrected chi connectivity index (χ1v) is 9.68. The zero-order valence-corrected chi connectivity index (χ0v) is 16.1. The second-order valence-electron chi connectivity index (χ2n) is 7.16. The van der Waals surface area contributed by atoms with Gasteiger partial charge in [0.2, 0.25) is 5.91 Å². The summed E-state index contributed by atoms with van der Waals surface area (Å²) in [4.78, 5) is 16.6. The van der Waals surface area contributed by atoms with Crippen molar-refractivity contribution in [3.05, 3.63) is 42.2 Å². The molecule has 2 aromatic rings. The van der Waals surface area contributed by atoms with Gasteiger partial charge in [-0.05, 0) is 43.5 Å². The van der Waals surface area contributed by atoms with E-state index in [2.05, 4.69) is 22.0 Å². The van der Waals surface area contributed by atoms with Crippen LogP contribution in [0.25, 0.3) is 11.3 Å². The van der Waals surface area contributed by atoms with E-state index in [1.807, 2.05) is 30.1 Å². The van der Waals surface area contributed by atoms with E-state index in [9.17, 15) is 9.18 Å². The summed E-state index contributed by atoms with van der Waals surface area (Å²) in [5.41, 5.74) is 1.37. The molecule has 1 fully saturated rings. The Morgan fingerprint density at radius 3 is 2.63 bits per heavy atom. The van der Waals surface area contributed by atoms with Crippen LogP contribution in [0.3, 0.4) is 0 Å². The highest BCUT2D eigenvalue weighted by molar-refractivity contribution is 5.78. The molecule has 27 heavy (non-hydrogen) atoms. The van der Waals surface area contributed by atoms with Crippen LogP contribution in [0.2, 0.25) is 0 Å². The van der Waals surface area contributed by atoms with Gasteiger partial charge in [-0.3, -0.25) is 4.79 Å². The van der Waals surface area contributed by atoms with E-state index in [1.54, 1.807) is 6.07 Å². The lowest BCUT2D eigenvalue weighted by Gasteiger charge is -2.33. The number of rotatable bonds is 6. The first kappa shape index (κ1) is 19.3. The molecule has 1 aromatic carbocycles. The Kier molecular flexibility index (Phi) is 6.37. The van der Waals surface area contributed by atoms with Crippen molar-refractivity contribution in [1.29, 1.82) is 0 Å². The summed E-state index contributed by atoms with van der Waals surface area (Å²) in [7, 11) is 1.90. The average molecular weight is 370 g/mol. The summed E-state index contributed by atoms with van der Waals surface area (Å²) in [5, 5.41) is 8.56. The van der Waals surface area contributed by atoms with Crippen LogP contribution in [0.5, 0.6) is 0 Å². The van der Waals surface area contributed by atoms with E-state index in [4.69, 9.17) is 0 Å². The van der Waals surface area contributed by atoms with Gasteiger partial charge in [0.15, 0.2) is 5.82 Å². The molecule has 2 heterocycles. The lowest BCUT2D eigenvalue weighted by Crippen LogP contribution is -2.41. The van der Waals surface area contributed by atoms with Gasteiger partial charge in [-0.15, -0.1) is 10.2 Å². The topological polar surface area (TPSA) is 49.3 Å². The zero-order valence-electron chi connectivity index (χ0n) is 16.1. The molecule has 0 bridgehead atoms. The van der Waals surface area contributed by atoms with Crippen molar-refractivity contribution < 1.29 is 9.18 Å². The third-order valence-electron chi connectivity index (χ3n) is 5.16. The minimum atomic E-state index is -0.283. The fourth-order valence-electron chi connectivity index (χ4n) is 3.47. The second-order valence-corrected chi connectivity index (χ2v) is 7.16. The molecule has 1 aliphatic heterocycles. The van der Waals surface area contributed by atoms with Crippen LogP contribution in [-0.4, -0.2) is 47.7 Å². The summed E-state index contributed by atoms with van der Waals surface area (Å²) in [5.74, 6) is 0.882. The van der Waals surface area contributed by atoms with E-state index in [0.29, 0.717) is 11.3 Å². The van der Waals surface area contributed by atoms with Crippen LogP contribution < -0.4 is 4.90 Å². The number of unbranched alkanes of at least 4 members (excludes halogenated alkanes) is 1. The van der Waals surface area contributed by atoms with Crippen LogP contribution in [0.15, 0.2) is 36.4 Å². The monoisotopic (exact) mass is 370 g/mol. The Hall–Kier alpha value is -2.50. The van der Waals surface area contributed by atoms with Crippen LogP contribution in [0.4, 0.5) is 10.2 Å². The fraction of sp³-hybridized carbons (Fsp3) is 0.476. The average Bonchev–Trinajstić information content (AvgIpc) is 2.71. The number of carbonyl (C=O) groups is 1. The van der Waals surface area contributed by atoms with Crippen LogP contribution >= 0.6 is 0 Å². The molecule has 0 N–H and O–H groups in total. The summed E-state index contributed by atoms with van der Waals surface area (Å²) >= 11 is 0. The van der Waals surface area contributed by atoms with E-state index in [0.717, 1.165) is 51.1 Å². The molecule has 144 valence electrons. The Morgan fingerprint density at radius 2 is 2.00 bits per heavy atom. The third-order valence-corrected chi connectivity index (χ3v) is 5.16. The van der Waals surface area contributed by atoms with E-state index in [-0.39, 0.29) is 17.6 Å². The van der Waals surface area contributed by atoms with Gasteiger partial charge in [-0.1, -0.05) is 25.5 Å². The predicted octanol–water partition coefficient (Wildman–Crippen LogP) is 3.76. The van der Waals surface area contributed by atoms with E-state index < -0.39 is 0 Å². The highest BCUT2D eigenvalue weighted by Gasteiger charge is 2.27. The molecule has 0 spiro atoms. The van der Waals surface area contributed by atoms with Gasteiger partial charge in [0.1, 0.15) is 5.82 Å². The number of hydrogen-bond donors (Lipinski definition) is 0. The zero-order chi connectivity index (χ0) is 19.2. The molecule has 0 saturated carbocycles. The lowest BCUT2D eigenvalue weighted by atomic mass is 9.95. The first-order chi connectivity index (χ1) is 13.1. The number of amides is 1. The third kappa shape index (κ3) is 4.81. The normalized spacial score (nSPS) is 15.0. The highest BCUT2D eigenvalue weighted by Crippen LogP contribution is 2.24. The molecule has 1 saturated heterocycles. The first-order valence-electron chi connectivity index (χ1n) is 9.68. The van der Waals surface area contributed by atoms with Gasteiger partial charge < -0.3 is 9.80 Å². The number of benzene rings is 1. The van der Waals surface area contributed by atoms with Crippen LogP contribution in [-0.2, 0) is 4.79 Å². The molecule has 3 rings (SSSR count). The van der Waals surface area contributed by atoms with Crippen molar-refractivity contribution in [2.75, 3.05) is 31.6 Å². The molecule has 5 nitrogen and oxygen atoms in total. The van der Waals surface area contributed by atoms with Crippen molar-refractivity contribution >= 4 is 11.7 Å². The van der Waals surface area contributed by atoms with Gasteiger partial charge in [0.05, 0.1) is 5.69 Å². The summed E-state index contributed by atoms with van der Waals surface area (Å²) < 4.78 is 13.4. The summed E-state index contributed by atoms with van der Waals surface area (Å²) in [6, 6.07) is 10.1. The van der Waals surface area contributed by atoms with Crippen molar-refractivity contribution in [2.24, 2.45) is 5.92 Å². The number of anilines is 1. The maximum Gasteiger partial charge on any atom is 0.225 e. The summed E-state index contributed by atoms with van der Waals surface area (Å²) in [6.45, 7) is 4.57. The van der Waals surface area contributed by atoms with E-state index in [1.165, 1.54) is 12.1 Å². The predicted molar refractivity (Wildman–Crippen MR) is 105 cm³/mol. The quantitative estimate of drug-likeness (QED) is 0.777. The molecule has 1 amide bonds. The Balaban J connectivity index is 1.57. The van der Waals surface area contributed by atoms with E-state index >= 15 is 0 Å². The van der Waals surface area contributed by atoms with Gasteiger partial charge >= 0.3 is 0 Å². The number of nitrogens with zero attached hydrogens (tertiary/aromatic N) is 4. The SMILES string of the molecule is CCCCN(C)C(=O)C1CCN(c2ccc(-c3cccc(F)c3)nn2)CC1. The van der Waals surface area contributed by atoms with Crippen molar-refractivity contribution in [2.45, 2.75) is 32.6 Å². The van der Waals surface area contributed by atoms with Gasteiger partial charge in [0, 0.05) is 38.2 Å². The molecular formula is C21H27FN4O. The van der Waals surface area contributed by atoms with Crippen molar-refractivity contribution in [1.82, 2.24) is 15.1 Å². The molecule has 0 unspecified atom stereocenters. The number of halogens is 1. The number of piperidine rings is 1. The Labute approximate surface area is 160 Å². The summed E-state index contributed by atoms with van der Waals surface area (Å²) in [6.07, 6.45) is 3.82. The molecule has 1 aromatic heterocycles. The maximum absolute atomic E-state index is 13.4. The molecule has 0 radical (unpaired) electrons.